The fraction of sp³-hybridized carbons (Fsp3) is 0.750. The number of hydrogen-bond donors (Lipinski definition) is 1. The third-order valence-corrected chi connectivity index (χ3v) is 2.94. The van der Waals surface area contributed by atoms with Crippen molar-refractivity contribution in [1.29, 1.82) is 0 Å². The van der Waals surface area contributed by atoms with Gasteiger partial charge < -0.3 is 5.84 Å². The van der Waals surface area contributed by atoms with Crippen LogP contribution in [-0.2, 0) is 0 Å². The summed E-state index contributed by atoms with van der Waals surface area (Å²) in [7, 11) is 0. The van der Waals surface area contributed by atoms with Gasteiger partial charge in [0.05, 0.1) is 0 Å². The Balaban J connectivity index is 2.17. The molecule has 1 aromatic rings. The van der Waals surface area contributed by atoms with Gasteiger partial charge in [-0.25, -0.2) is 4.68 Å². The minimum Gasteiger partial charge on any atom is -0.336 e. The van der Waals surface area contributed by atoms with Gasteiger partial charge >= 0.3 is 0 Å². The van der Waals surface area contributed by atoms with E-state index in [1.54, 1.807) is 16.4 Å². The van der Waals surface area contributed by atoms with Gasteiger partial charge in [0.25, 0.3) is 0 Å². The first kappa shape index (κ1) is 8.87. The standard InChI is InChI=1S/C8H14N4S/c1-5(2)13-8-11-10-7(12(8)9)6-3-4-6/h5-6H,3-4,9H2,1-2H3. The van der Waals surface area contributed by atoms with Gasteiger partial charge in [-0.15, -0.1) is 10.2 Å². The minimum absolute atomic E-state index is 0.499. The molecule has 0 saturated heterocycles. The topological polar surface area (TPSA) is 56.7 Å². The van der Waals surface area contributed by atoms with Crippen molar-refractivity contribution >= 4 is 11.8 Å². The van der Waals surface area contributed by atoms with Gasteiger partial charge in [-0.05, 0) is 12.8 Å². The minimum atomic E-state index is 0.499. The Bertz CT molecular complexity index is 303. The summed E-state index contributed by atoms with van der Waals surface area (Å²) in [4.78, 5) is 0. The van der Waals surface area contributed by atoms with Crippen LogP contribution in [0.15, 0.2) is 5.16 Å². The van der Waals surface area contributed by atoms with Crippen molar-refractivity contribution in [3.05, 3.63) is 5.82 Å². The summed E-state index contributed by atoms with van der Waals surface area (Å²) in [6.45, 7) is 4.24. The third kappa shape index (κ3) is 1.80. The molecule has 1 heterocycles. The maximum atomic E-state index is 5.86. The molecular formula is C8H14N4S. The van der Waals surface area contributed by atoms with Crippen molar-refractivity contribution < 1.29 is 0 Å². The van der Waals surface area contributed by atoms with E-state index in [0.717, 1.165) is 11.0 Å². The summed E-state index contributed by atoms with van der Waals surface area (Å²) in [5, 5.41) is 9.50. The van der Waals surface area contributed by atoms with E-state index in [2.05, 4.69) is 24.0 Å². The Labute approximate surface area is 81.9 Å². The molecule has 0 atom stereocenters. The maximum absolute atomic E-state index is 5.86. The molecule has 5 heteroatoms. The molecule has 1 fully saturated rings. The summed E-state index contributed by atoms with van der Waals surface area (Å²) in [6.07, 6.45) is 2.42. The first-order valence-corrected chi connectivity index (χ1v) is 5.43. The zero-order valence-electron chi connectivity index (χ0n) is 7.90. The smallest absolute Gasteiger partial charge is 0.210 e. The van der Waals surface area contributed by atoms with Crippen LogP contribution in [0.3, 0.4) is 0 Å². The Kier molecular flexibility index (Phi) is 2.19. The molecule has 2 N–H and O–H groups in total. The molecular weight excluding hydrogens is 184 g/mol. The highest BCUT2D eigenvalue weighted by atomic mass is 32.2. The van der Waals surface area contributed by atoms with E-state index in [-0.39, 0.29) is 0 Å². The molecule has 0 unspecified atom stereocenters. The van der Waals surface area contributed by atoms with Crippen LogP contribution >= 0.6 is 11.8 Å². The van der Waals surface area contributed by atoms with Crippen LogP contribution in [0.5, 0.6) is 0 Å². The van der Waals surface area contributed by atoms with E-state index in [0.29, 0.717) is 11.2 Å². The average molecular weight is 198 g/mol. The van der Waals surface area contributed by atoms with Gasteiger partial charge in [0.15, 0.2) is 5.82 Å². The molecule has 4 nitrogen and oxygen atoms in total. The van der Waals surface area contributed by atoms with E-state index in [4.69, 9.17) is 5.84 Å². The van der Waals surface area contributed by atoms with Crippen molar-refractivity contribution in [2.24, 2.45) is 0 Å². The molecule has 72 valence electrons. The van der Waals surface area contributed by atoms with E-state index in [9.17, 15) is 0 Å². The monoisotopic (exact) mass is 198 g/mol. The number of nitrogens with two attached hydrogens (primary N) is 1. The number of hydrogen-bond acceptors (Lipinski definition) is 4. The molecule has 0 radical (unpaired) electrons. The Hall–Kier alpha value is -0.710. The highest BCUT2D eigenvalue weighted by molar-refractivity contribution is 7.99. The predicted molar refractivity (Wildman–Crippen MR) is 53.1 cm³/mol. The lowest BCUT2D eigenvalue weighted by atomic mass is 10.4. The van der Waals surface area contributed by atoms with Crippen molar-refractivity contribution in [2.75, 3.05) is 5.84 Å². The molecule has 0 spiro atoms. The SMILES string of the molecule is CC(C)Sc1nnc(C2CC2)n1N. The van der Waals surface area contributed by atoms with E-state index in [1.165, 1.54) is 12.8 Å². The zero-order valence-corrected chi connectivity index (χ0v) is 8.71. The number of aromatic nitrogens is 3. The molecule has 0 bridgehead atoms. The van der Waals surface area contributed by atoms with Crippen LogP contribution in [0.2, 0.25) is 0 Å². The largest absolute Gasteiger partial charge is 0.336 e. The second-order valence-electron chi connectivity index (χ2n) is 3.65. The first-order chi connectivity index (χ1) is 6.18. The normalized spacial score (nSPS) is 16.8. The molecule has 1 saturated carbocycles. The van der Waals surface area contributed by atoms with Crippen molar-refractivity contribution in [3.8, 4) is 0 Å². The zero-order chi connectivity index (χ0) is 9.42. The van der Waals surface area contributed by atoms with Crippen LogP contribution < -0.4 is 5.84 Å². The second-order valence-corrected chi connectivity index (χ2v) is 5.20. The molecule has 0 aromatic carbocycles. The summed E-state index contributed by atoms with van der Waals surface area (Å²) >= 11 is 1.66. The fourth-order valence-corrected chi connectivity index (χ4v) is 1.92. The molecule has 1 aromatic heterocycles. The van der Waals surface area contributed by atoms with E-state index in [1.807, 2.05) is 0 Å². The Morgan fingerprint density at radius 1 is 1.46 bits per heavy atom. The Morgan fingerprint density at radius 3 is 2.69 bits per heavy atom. The molecule has 1 aliphatic rings. The molecule has 0 aliphatic heterocycles. The predicted octanol–water partition coefficient (Wildman–Crippen LogP) is 1.37. The quantitative estimate of drug-likeness (QED) is 0.588. The molecule has 2 rings (SSSR count). The molecule has 1 aliphatic carbocycles. The van der Waals surface area contributed by atoms with Crippen LogP contribution in [0.4, 0.5) is 0 Å². The van der Waals surface area contributed by atoms with Crippen LogP contribution in [0, 0.1) is 0 Å². The van der Waals surface area contributed by atoms with Gasteiger partial charge in [0, 0.05) is 11.2 Å². The van der Waals surface area contributed by atoms with Gasteiger partial charge in [-0.1, -0.05) is 25.6 Å². The summed E-state index contributed by atoms with van der Waals surface area (Å²) in [5.41, 5.74) is 0. The lowest BCUT2D eigenvalue weighted by Crippen LogP contribution is -2.13. The fourth-order valence-electron chi connectivity index (χ4n) is 1.20. The molecule has 0 amide bonds. The second kappa shape index (κ2) is 3.21. The summed E-state index contributed by atoms with van der Waals surface area (Å²) < 4.78 is 1.64. The van der Waals surface area contributed by atoms with Gasteiger partial charge in [-0.2, -0.15) is 0 Å². The highest BCUT2D eigenvalue weighted by Crippen LogP contribution is 2.39. The van der Waals surface area contributed by atoms with E-state index < -0.39 is 0 Å². The number of rotatable bonds is 3. The highest BCUT2D eigenvalue weighted by Gasteiger charge is 2.29. The number of thioether (sulfide) groups is 1. The lowest BCUT2D eigenvalue weighted by Gasteiger charge is -2.03. The van der Waals surface area contributed by atoms with Crippen LogP contribution in [0.25, 0.3) is 0 Å². The van der Waals surface area contributed by atoms with Gasteiger partial charge in [0.2, 0.25) is 5.16 Å². The number of nitrogens with zero attached hydrogens (tertiary/aromatic N) is 3. The van der Waals surface area contributed by atoms with Gasteiger partial charge in [0.1, 0.15) is 0 Å². The number of nitrogen functional groups attached to an aromatic ring is 1. The summed E-state index contributed by atoms with van der Waals surface area (Å²) in [6, 6.07) is 0. The van der Waals surface area contributed by atoms with Crippen LogP contribution in [-0.4, -0.2) is 20.1 Å². The maximum Gasteiger partial charge on any atom is 0.210 e. The first-order valence-electron chi connectivity index (χ1n) is 4.55. The van der Waals surface area contributed by atoms with Crippen molar-refractivity contribution in [2.45, 2.75) is 43.0 Å². The van der Waals surface area contributed by atoms with Crippen molar-refractivity contribution in [1.82, 2.24) is 14.9 Å². The molecule has 13 heavy (non-hydrogen) atoms. The lowest BCUT2D eigenvalue weighted by molar-refractivity contribution is 0.788. The Morgan fingerprint density at radius 2 is 2.15 bits per heavy atom. The van der Waals surface area contributed by atoms with Crippen molar-refractivity contribution in [3.63, 3.8) is 0 Å². The van der Waals surface area contributed by atoms with Crippen LogP contribution in [0.1, 0.15) is 38.4 Å². The third-order valence-electron chi connectivity index (χ3n) is 1.97. The summed E-state index contributed by atoms with van der Waals surface area (Å²) in [5.74, 6) is 7.38. The average Bonchev–Trinajstić information content (AvgIpc) is 2.81. The van der Waals surface area contributed by atoms with Gasteiger partial charge in [-0.3, -0.25) is 0 Å². The van der Waals surface area contributed by atoms with E-state index >= 15 is 0 Å².